The van der Waals surface area contributed by atoms with Crippen LogP contribution in [0.25, 0.3) is 32.9 Å². The molecule has 6 heterocycles. The zero-order valence-corrected chi connectivity index (χ0v) is 23.0. The summed E-state index contributed by atoms with van der Waals surface area (Å²) in [5, 5.41) is 23.8. The molecule has 3 unspecified atom stereocenters. The normalized spacial score (nSPS) is 29.2. The lowest BCUT2D eigenvalue weighted by Crippen LogP contribution is -2.53. The Kier molecular flexibility index (Phi) is 5.64. The van der Waals surface area contributed by atoms with E-state index in [1.165, 1.54) is 0 Å². The van der Waals surface area contributed by atoms with Crippen LogP contribution in [0.3, 0.4) is 0 Å². The number of hydrogen-bond acceptors (Lipinski definition) is 9. The van der Waals surface area contributed by atoms with E-state index in [1.54, 1.807) is 18.3 Å². The molecule has 4 aliphatic rings. The van der Waals surface area contributed by atoms with E-state index in [9.17, 15) is 10.2 Å². The molecule has 2 aromatic carbocycles. The quantitative estimate of drug-likeness (QED) is 0.382. The first kappa shape index (κ1) is 25.1. The molecule has 9 nitrogen and oxygen atoms in total. The summed E-state index contributed by atoms with van der Waals surface area (Å²) in [5.74, 6) is 0.0518. The molecule has 41 heavy (non-hydrogen) atoms. The van der Waals surface area contributed by atoms with Crippen LogP contribution in [0.1, 0.15) is 25.7 Å². The fourth-order valence-electron chi connectivity index (χ4n) is 7.68. The number of ether oxygens (including phenoxy) is 1. The average Bonchev–Trinajstić information content (AvgIpc) is 3.58. The van der Waals surface area contributed by atoms with Crippen LogP contribution < -0.4 is 9.64 Å². The van der Waals surface area contributed by atoms with Gasteiger partial charge in [-0.25, -0.2) is 4.39 Å². The van der Waals surface area contributed by atoms with E-state index in [2.05, 4.69) is 31.7 Å². The fourth-order valence-corrected chi connectivity index (χ4v) is 7.68. The number of nitrogens with zero attached hydrogens (tertiary/aromatic N) is 6. The number of piperazine rings is 1. The fraction of sp³-hybridized carbons (Fsp3) is 0.452. The minimum atomic E-state index is -0.679. The molecule has 212 valence electrons. The zero-order valence-electron chi connectivity index (χ0n) is 23.0. The number of pyridine rings is 1. The lowest BCUT2D eigenvalue weighted by Gasteiger charge is -2.39. The lowest BCUT2D eigenvalue weighted by molar-refractivity contribution is 0.0413. The van der Waals surface area contributed by atoms with Gasteiger partial charge >= 0.3 is 6.01 Å². The Bertz CT molecular complexity index is 1690. The molecule has 2 aromatic heterocycles. The molecule has 5 atom stereocenters. The maximum atomic E-state index is 16.5. The minimum absolute atomic E-state index is 0.0264. The SMILES string of the molecule is CN1CCC[C@H]1COc1nc(N2CC3C[C@@]4(O)CCN3C4C2)c2cnc(-c3cc(O)cc4ccccc34)c(F)c2n1. The van der Waals surface area contributed by atoms with Gasteiger partial charge in [0.25, 0.3) is 0 Å². The van der Waals surface area contributed by atoms with Crippen LogP contribution >= 0.6 is 0 Å². The van der Waals surface area contributed by atoms with Crippen molar-refractivity contribution in [2.24, 2.45) is 0 Å². The molecule has 4 fully saturated rings. The summed E-state index contributed by atoms with van der Waals surface area (Å²) < 4.78 is 22.7. The van der Waals surface area contributed by atoms with Crippen molar-refractivity contribution in [3.8, 4) is 23.0 Å². The van der Waals surface area contributed by atoms with Gasteiger partial charge in [-0.2, -0.15) is 9.97 Å². The van der Waals surface area contributed by atoms with Gasteiger partial charge in [-0.1, -0.05) is 24.3 Å². The molecule has 4 bridgehead atoms. The highest BCUT2D eigenvalue weighted by Crippen LogP contribution is 2.47. The highest BCUT2D eigenvalue weighted by Gasteiger charge is 2.59. The van der Waals surface area contributed by atoms with Crippen molar-refractivity contribution in [3.05, 3.63) is 48.4 Å². The van der Waals surface area contributed by atoms with Gasteiger partial charge in [-0.05, 0) is 62.2 Å². The Morgan fingerprint density at radius 2 is 2.00 bits per heavy atom. The number of aromatic nitrogens is 3. The summed E-state index contributed by atoms with van der Waals surface area (Å²) in [6.07, 6.45) is 5.32. The van der Waals surface area contributed by atoms with Gasteiger partial charge in [0.2, 0.25) is 0 Å². The van der Waals surface area contributed by atoms with Gasteiger partial charge in [-0.3, -0.25) is 9.88 Å². The topological polar surface area (TPSA) is 98.1 Å². The number of hydrogen-bond donors (Lipinski definition) is 2. The monoisotopic (exact) mass is 556 g/mol. The van der Waals surface area contributed by atoms with Gasteiger partial charge in [0.05, 0.1) is 17.0 Å². The number of piperidine rings is 1. The molecule has 2 N–H and O–H groups in total. The van der Waals surface area contributed by atoms with Crippen molar-refractivity contribution in [2.75, 3.05) is 44.7 Å². The Morgan fingerprint density at radius 1 is 1.12 bits per heavy atom. The van der Waals surface area contributed by atoms with Gasteiger partial charge in [0.1, 0.15) is 29.4 Å². The Hall–Kier alpha value is -3.60. The van der Waals surface area contributed by atoms with Crippen LogP contribution in [0, 0.1) is 5.82 Å². The number of phenols is 1. The van der Waals surface area contributed by atoms with Crippen molar-refractivity contribution in [1.82, 2.24) is 24.8 Å². The van der Waals surface area contributed by atoms with Crippen molar-refractivity contribution in [3.63, 3.8) is 0 Å². The number of phenolic OH excluding ortho intramolecular Hbond substituents is 1. The average molecular weight is 557 g/mol. The van der Waals surface area contributed by atoms with E-state index in [-0.39, 0.29) is 41.1 Å². The molecule has 10 heteroatoms. The second-order valence-electron chi connectivity index (χ2n) is 12.2. The van der Waals surface area contributed by atoms with Crippen LogP contribution in [-0.2, 0) is 0 Å². The third-order valence-corrected chi connectivity index (χ3v) is 9.83. The first-order valence-corrected chi connectivity index (χ1v) is 14.5. The van der Waals surface area contributed by atoms with Crippen molar-refractivity contribution < 1.29 is 19.3 Å². The van der Waals surface area contributed by atoms with E-state index in [0.29, 0.717) is 36.5 Å². The predicted molar refractivity (Wildman–Crippen MR) is 154 cm³/mol. The summed E-state index contributed by atoms with van der Waals surface area (Å²) in [5.41, 5.74) is 0.0784. The van der Waals surface area contributed by atoms with Crippen LogP contribution in [0.4, 0.5) is 10.2 Å². The molecule has 0 aliphatic carbocycles. The lowest BCUT2D eigenvalue weighted by atomic mass is 9.92. The number of halogens is 1. The molecular formula is C31H33FN6O3. The number of benzene rings is 2. The Labute approximate surface area is 237 Å². The van der Waals surface area contributed by atoms with E-state index in [4.69, 9.17) is 9.72 Å². The second kappa shape index (κ2) is 9.20. The number of anilines is 1. The van der Waals surface area contributed by atoms with Crippen LogP contribution in [0.15, 0.2) is 42.6 Å². The summed E-state index contributed by atoms with van der Waals surface area (Å²) in [6, 6.07) is 11.4. The zero-order chi connectivity index (χ0) is 27.9. The maximum absolute atomic E-state index is 16.5. The highest BCUT2D eigenvalue weighted by molar-refractivity contribution is 5.99. The summed E-state index contributed by atoms with van der Waals surface area (Å²) in [7, 11) is 2.09. The smallest absolute Gasteiger partial charge is 0.319 e. The molecule has 0 spiro atoms. The number of fused-ring (bicyclic) bond motifs is 2. The Balaban J connectivity index is 1.25. The van der Waals surface area contributed by atoms with Crippen molar-refractivity contribution in [1.29, 1.82) is 0 Å². The van der Waals surface area contributed by atoms with E-state index in [1.807, 2.05) is 24.3 Å². The minimum Gasteiger partial charge on any atom is -0.508 e. The number of aliphatic hydroxyl groups is 1. The third-order valence-electron chi connectivity index (χ3n) is 9.83. The number of rotatable bonds is 5. The highest BCUT2D eigenvalue weighted by atomic mass is 19.1. The van der Waals surface area contributed by atoms with Crippen LogP contribution in [0.5, 0.6) is 11.8 Å². The van der Waals surface area contributed by atoms with Crippen LogP contribution in [-0.4, -0.2) is 98.5 Å². The first-order chi connectivity index (χ1) is 19.9. The van der Waals surface area contributed by atoms with Gasteiger partial charge < -0.3 is 24.7 Å². The van der Waals surface area contributed by atoms with Crippen LogP contribution in [0.2, 0.25) is 0 Å². The van der Waals surface area contributed by atoms with E-state index >= 15 is 4.39 Å². The Morgan fingerprint density at radius 3 is 2.83 bits per heavy atom. The molecule has 4 aliphatic heterocycles. The second-order valence-corrected chi connectivity index (χ2v) is 12.2. The predicted octanol–water partition coefficient (Wildman–Crippen LogP) is 3.56. The summed E-state index contributed by atoms with van der Waals surface area (Å²) in [4.78, 5) is 20.8. The summed E-state index contributed by atoms with van der Waals surface area (Å²) >= 11 is 0. The molecule has 8 rings (SSSR count). The van der Waals surface area contributed by atoms with E-state index in [0.717, 1.165) is 49.5 Å². The van der Waals surface area contributed by atoms with Crippen molar-refractivity contribution in [2.45, 2.75) is 49.4 Å². The first-order valence-electron chi connectivity index (χ1n) is 14.5. The van der Waals surface area contributed by atoms with Crippen molar-refractivity contribution >= 4 is 27.5 Å². The number of aromatic hydroxyl groups is 1. The van der Waals surface area contributed by atoms with Gasteiger partial charge in [0.15, 0.2) is 5.82 Å². The molecular weight excluding hydrogens is 523 g/mol. The molecule has 0 radical (unpaired) electrons. The third kappa shape index (κ3) is 3.95. The largest absolute Gasteiger partial charge is 0.508 e. The molecule has 4 saturated heterocycles. The maximum Gasteiger partial charge on any atom is 0.319 e. The molecule has 0 saturated carbocycles. The molecule has 0 amide bonds. The number of likely N-dealkylation sites (tertiary alicyclic amines) is 1. The van der Waals surface area contributed by atoms with Gasteiger partial charge in [-0.15, -0.1) is 0 Å². The standard InChI is InChI=1S/C31H33FN6O3/c1-36-9-4-6-19(36)17-41-30-34-28-24(29(35-30)37-15-20-13-31(40)8-10-38(20)25(31)16-37)14-33-27(26(28)32)23-12-21(39)11-18-5-2-3-7-22(18)23/h2-3,5,7,11-12,14,19-20,25,39-40H,4,6,8-10,13,15-17H2,1H3/t19-,20?,25?,31-/m0/s1. The van der Waals surface area contributed by atoms with Gasteiger partial charge in [0, 0.05) is 43.5 Å². The van der Waals surface area contributed by atoms with E-state index < -0.39 is 11.4 Å². The summed E-state index contributed by atoms with van der Waals surface area (Å²) in [6.45, 7) is 3.65. The number of likely N-dealkylation sites (N-methyl/N-ethyl adjacent to an activating group) is 1. The molecule has 4 aromatic rings.